The van der Waals surface area contributed by atoms with Crippen LogP contribution in [-0.2, 0) is 13.5 Å². The van der Waals surface area contributed by atoms with E-state index in [-0.39, 0.29) is 0 Å². The summed E-state index contributed by atoms with van der Waals surface area (Å²) in [6, 6.07) is 2.04. The summed E-state index contributed by atoms with van der Waals surface area (Å²) in [5.74, 6) is 0. The van der Waals surface area contributed by atoms with Crippen LogP contribution in [0.3, 0.4) is 0 Å². The summed E-state index contributed by atoms with van der Waals surface area (Å²) in [6.45, 7) is 6.00. The zero-order chi connectivity index (χ0) is 13.4. The molecule has 0 saturated heterocycles. The van der Waals surface area contributed by atoms with E-state index in [1.165, 1.54) is 10.4 Å². The molecule has 2 aromatic rings. The van der Waals surface area contributed by atoms with Crippen LogP contribution in [0.15, 0.2) is 6.07 Å². The second-order valence-electron chi connectivity index (χ2n) is 4.58. The molecule has 2 aromatic heterocycles. The van der Waals surface area contributed by atoms with Crippen LogP contribution in [0.25, 0.3) is 0 Å². The van der Waals surface area contributed by atoms with Crippen LogP contribution in [0.2, 0.25) is 5.02 Å². The highest BCUT2D eigenvalue weighted by Gasteiger charge is 2.18. The van der Waals surface area contributed by atoms with Crippen molar-refractivity contribution in [1.82, 2.24) is 9.78 Å². The molecule has 5 heteroatoms. The molecule has 1 N–H and O–H groups in total. The van der Waals surface area contributed by atoms with Gasteiger partial charge in [0.05, 0.1) is 22.5 Å². The first-order valence-electron chi connectivity index (χ1n) is 5.83. The van der Waals surface area contributed by atoms with E-state index < -0.39 is 6.10 Å². The third kappa shape index (κ3) is 2.46. The van der Waals surface area contributed by atoms with Crippen LogP contribution < -0.4 is 0 Å². The average molecular weight is 285 g/mol. The number of aliphatic hydroxyl groups is 1. The number of rotatable bonds is 3. The molecule has 2 rings (SSSR count). The Morgan fingerprint density at radius 2 is 2.11 bits per heavy atom. The van der Waals surface area contributed by atoms with Gasteiger partial charge >= 0.3 is 0 Å². The summed E-state index contributed by atoms with van der Waals surface area (Å²) in [5, 5.41) is 15.2. The van der Waals surface area contributed by atoms with Gasteiger partial charge in [-0.1, -0.05) is 11.6 Å². The smallest absolute Gasteiger partial charge is 0.0937 e. The molecule has 1 unspecified atom stereocenters. The summed E-state index contributed by atoms with van der Waals surface area (Å²) in [6.07, 6.45) is -0.0232. The lowest BCUT2D eigenvalue weighted by molar-refractivity contribution is 0.179. The molecule has 0 bridgehead atoms. The highest BCUT2D eigenvalue weighted by Crippen LogP contribution is 2.30. The van der Waals surface area contributed by atoms with Gasteiger partial charge in [-0.3, -0.25) is 4.68 Å². The fourth-order valence-electron chi connectivity index (χ4n) is 1.95. The van der Waals surface area contributed by atoms with Crippen molar-refractivity contribution in [1.29, 1.82) is 0 Å². The quantitative estimate of drug-likeness (QED) is 0.939. The van der Waals surface area contributed by atoms with Crippen LogP contribution in [0, 0.1) is 20.8 Å². The van der Waals surface area contributed by atoms with Crippen molar-refractivity contribution in [3.05, 3.63) is 37.8 Å². The number of hydrogen-bond acceptors (Lipinski definition) is 3. The molecule has 0 aliphatic carbocycles. The predicted octanol–water partition coefficient (Wildman–Crippen LogP) is 3.34. The van der Waals surface area contributed by atoms with E-state index >= 15 is 0 Å². The van der Waals surface area contributed by atoms with Crippen molar-refractivity contribution < 1.29 is 5.11 Å². The van der Waals surface area contributed by atoms with Crippen molar-refractivity contribution in [3.8, 4) is 0 Å². The van der Waals surface area contributed by atoms with Gasteiger partial charge in [-0.05, 0) is 32.4 Å². The Morgan fingerprint density at radius 1 is 1.44 bits per heavy atom. The maximum absolute atomic E-state index is 10.3. The van der Waals surface area contributed by atoms with Crippen molar-refractivity contribution in [2.75, 3.05) is 0 Å². The van der Waals surface area contributed by atoms with Crippen LogP contribution in [0.4, 0.5) is 0 Å². The van der Waals surface area contributed by atoms with Gasteiger partial charge in [0.15, 0.2) is 0 Å². The lowest BCUT2D eigenvalue weighted by Crippen LogP contribution is -2.05. The molecular weight excluding hydrogens is 268 g/mol. The summed E-state index contributed by atoms with van der Waals surface area (Å²) in [4.78, 5) is 2.23. The largest absolute Gasteiger partial charge is 0.387 e. The first kappa shape index (κ1) is 13.6. The van der Waals surface area contributed by atoms with Gasteiger partial charge in [0, 0.05) is 23.2 Å². The normalized spacial score (nSPS) is 13.0. The first-order chi connectivity index (χ1) is 8.40. The maximum Gasteiger partial charge on any atom is 0.0937 e. The Morgan fingerprint density at radius 3 is 2.56 bits per heavy atom. The van der Waals surface area contributed by atoms with Gasteiger partial charge in [-0.15, -0.1) is 11.3 Å². The lowest BCUT2D eigenvalue weighted by atomic mass is 10.1. The Labute approximate surface area is 116 Å². The number of aromatic nitrogens is 2. The van der Waals surface area contributed by atoms with Crippen molar-refractivity contribution in [2.45, 2.75) is 33.3 Å². The number of hydrogen-bond donors (Lipinski definition) is 1. The fourth-order valence-corrected chi connectivity index (χ4v) is 3.22. The molecule has 0 radical (unpaired) electrons. The van der Waals surface area contributed by atoms with Crippen LogP contribution in [0.5, 0.6) is 0 Å². The van der Waals surface area contributed by atoms with Crippen molar-refractivity contribution in [2.24, 2.45) is 7.05 Å². The molecule has 0 aliphatic heterocycles. The molecule has 1 atom stereocenters. The fraction of sp³-hybridized carbons (Fsp3) is 0.462. The Bertz CT molecular complexity index is 554. The Kier molecular flexibility index (Phi) is 3.80. The highest BCUT2D eigenvalue weighted by atomic mass is 35.5. The van der Waals surface area contributed by atoms with Gasteiger partial charge < -0.3 is 5.11 Å². The van der Waals surface area contributed by atoms with E-state index in [1.54, 1.807) is 16.0 Å². The monoisotopic (exact) mass is 284 g/mol. The topological polar surface area (TPSA) is 38.1 Å². The van der Waals surface area contributed by atoms with Gasteiger partial charge in [-0.2, -0.15) is 5.10 Å². The summed E-state index contributed by atoms with van der Waals surface area (Å²) >= 11 is 7.83. The number of aliphatic hydroxyl groups excluding tert-OH is 1. The van der Waals surface area contributed by atoms with Gasteiger partial charge in [0.25, 0.3) is 0 Å². The minimum atomic E-state index is -0.519. The summed E-state index contributed by atoms with van der Waals surface area (Å²) in [5.41, 5.74) is 2.91. The molecule has 0 aliphatic rings. The standard InChI is InChI=1S/C13H17ClN2OS/c1-7-5-12(18-9(7)3)11(17)6-10-13(14)8(2)15-16(10)4/h5,11,17H,6H2,1-4H3. The average Bonchev–Trinajstić information content (AvgIpc) is 2.75. The zero-order valence-corrected chi connectivity index (χ0v) is 12.6. The van der Waals surface area contributed by atoms with Gasteiger partial charge in [0.2, 0.25) is 0 Å². The third-order valence-corrected chi connectivity index (χ3v) is 4.91. The van der Waals surface area contributed by atoms with Gasteiger partial charge in [0.1, 0.15) is 0 Å². The van der Waals surface area contributed by atoms with Gasteiger partial charge in [-0.25, -0.2) is 0 Å². The van der Waals surface area contributed by atoms with E-state index in [0.717, 1.165) is 16.3 Å². The molecular formula is C13H17ClN2OS. The SMILES string of the molecule is Cc1cc(C(O)Cc2c(Cl)c(C)nn2C)sc1C. The molecule has 0 fully saturated rings. The minimum absolute atomic E-state index is 0.496. The van der Waals surface area contributed by atoms with Crippen LogP contribution in [-0.4, -0.2) is 14.9 Å². The van der Waals surface area contributed by atoms with E-state index in [9.17, 15) is 5.11 Å². The van der Waals surface area contributed by atoms with Crippen LogP contribution in [0.1, 0.15) is 32.8 Å². The molecule has 0 spiro atoms. The molecule has 0 saturated carbocycles. The number of thiophene rings is 1. The van der Waals surface area contributed by atoms with E-state index in [2.05, 4.69) is 18.9 Å². The maximum atomic E-state index is 10.3. The summed E-state index contributed by atoms with van der Waals surface area (Å²) in [7, 11) is 1.85. The number of nitrogens with zero attached hydrogens (tertiary/aromatic N) is 2. The van der Waals surface area contributed by atoms with E-state index in [0.29, 0.717) is 11.4 Å². The molecule has 18 heavy (non-hydrogen) atoms. The highest BCUT2D eigenvalue weighted by molar-refractivity contribution is 7.12. The Balaban J connectivity index is 2.23. The van der Waals surface area contributed by atoms with Crippen LogP contribution >= 0.6 is 22.9 Å². The number of halogens is 1. The lowest BCUT2D eigenvalue weighted by Gasteiger charge is -2.09. The predicted molar refractivity (Wildman–Crippen MR) is 75.4 cm³/mol. The molecule has 0 amide bonds. The molecule has 0 aromatic carbocycles. The minimum Gasteiger partial charge on any atom is -0.387 e. The van der Waals surface area contributed by atoms with E-state index in [1.807, 2.05) is 20.0 Å². The molecule has 2 heterocycles. The first-order valence-corrected chi connectivity index (χ1v) is 7.02. The second-order valence-corrected chi connectivity index (χ2v) is 6.24. The van der Waals surface area contributed by atoms with Crippen molar-refractivity contribution >= 4 is 22.9 Å². The Hall–Kier alpha value is -0.840. The zero-order valence-electron chi connectivity index (χ0n) is 11.0. The van der Waals surface area contributed by atoms with E-state index in [4.69, 9.17) is 11.6 Å². The molecule has 98 valence electrons. The second kappa shape index (κ2) is 5.03. The molecule has 3 nitrogen and oxygen atoms in total. The summed E-state index contributed by atoms with van der Waals surface area (Å²) < 4.78 is 1.74. The third-order valence-electron chi connectivity index (χ3n) is 3.16. The van der Waals surface area contributed by atoms with Crippen molar-refractivity contribution in [3.63, 3.8) is 0 Å². The number of aryl methyl sites for hydroxylation is 4.